The second kappa shape index (κ2) is 6.27. The third-order valence-electron chi connectivity index (χ3n) is 4.24. The Bertz CT molecular complexity index is 729. The van der Waals surface area contributed by atoms with Gasteiger partial charge < -0.3 is 24.4 Å². The van der Waals surface area contributed by atoms with E-state index in [0.29, 0.717) is 0 Å². The van der Waals surface area contributed by atoms with E-state index in [-0.39, 0.29) is 11.5 Å². The molecule has 0 aliphatic carbocycles. The minimum absolute atomic E-state index is 0.00225. The molecule has 0 aromatic heterocycles. The first kappa shape index (κ1) is 18.7. The van der Waals surface area contributed by atoms with E-state index in [1.807, 2.05) is 6.92 Å². The predicted octanol–water partition coefficient (Wildman–Crippen LogP) is 0.300. The Labute approximate surface area is 146 Å². The topological polar surface area (TPSA) is 112 Å². The SMILES string of the molecule is Cc1ccc(S(=O)(=O)OC[C@H]2O[C@]3(COC(C)(C)O3)[C@@H](O)[C@@H]2O)cc1. The number of benzene rings is 1. The third kappa shape index (κ3) is 3.59. The van der Waals surface area contributed by atoms with Crippen molar-refractivity contribution < 1.29 is 37.0 Å². The van der Waals surface area contributed by atoms with Gasteiger partial charge in [0.05, 0.1) is 11.5 Å². The molecule has 140 valence electrons. The zero-order valence-corrected chi connectivity index (χ0v) is 15.0. The lowest BCUT2D eigenvalue weighted by atomic mass is 10.1. The highest BCUT2D eigenvalue weighted by Crippen LogP contribution is 2.41. The fourth-order valence-electron chi connectivity index (χ4n) is 2.87. The van der Waals surface area contributed by atoms with E-state index in [4.69, 9.17) is 18.4 Å². The van der Waals surface area contributed by atoms with Crippen molar-refractivity contribution in [3.05, 3.63) is 29.8 Å². The maximum atomic E-state index is 12.2. The predicted molar refractivity (Wildman–Crippen MR) is 85.1 cm³/mol. The second-order valence-corrected chi connectivity index (χ2v) is 8.36. The Morgan fingerprint density at radius 2 is 1.88 bits per heavy atom. The highest BCUT2D eigenvalue weighted by molar-refractivity contribution is 7.86. The third-order valence-corrected chi connectivity index (χ3v) is 5.54. The molecule has 0 radical (unpaired) electrons. The summed E-state index contributed by atoms with van der Waals surface area (Å²) in [5, 5.41) is 20.4. The number of aliphatic hydroxyl groups is 2. The molecule has 2 aliphatic heterocycles. The quantitative estimate of drug-likeness (QED) is 0.724. The van der Waals surface area contributed by atoms with Crippen molar-refractivity contribution in [1.82, 2.24) is 0 Å². The van der Waals surface area contributed by atoms with Gasteiger partial charge in [-0.15, -0.1) is 0 Å². The Morgan fingerprint density at radius 1 is 1.24 bits per heavy atom. The zero-order chi connectivity index (χ0) is 18.5. The monoisotopic (exact) mass is 374 g/mol. The van der Waals surface area contributed by atoms with Gasteiger partial charge in [0.2, 0.25) is 5.79 Å². The van der Waals surface area contributed by atoms with E-state index in [0.717, 1.165) is 5.56 Å². The van der Waals surface area contributed by atoms with Gasteiger partial charge in [-0.25, -0.2) is 0 Å². The minimum Gasteiger partial charge on any atom is -0.387 e. The van der Waals surface area contributed by atoms with Crippen molar-refractivity contribution in [2.24, 2.45) is 0 Å². The normalized spacial score (nSPS) is 34.7. The minimum atomic E-state index is -4.01. The Hall–Kier alpha value is -1.07. The molecule has 0 amide bonds. The first-order chi connectivity index (χ1) is 11.5. The number of aliphatic hydroxyl groups excluding tert-OH is 2. The van der Waals surface area contributed by atoms with Crippen LogP contribution < -0.4 is 0 Å². The molecule has 1 aromatic carbocycles. The van der Waals surface area contributed by atoms with E-state index < -0.39 is 46.6 Å². The highest BCUT2D eigenvalue weighted by atomic mass is 32.2. The van der Waals surface area contributed by atoms with Crippen molar-refractivity contribution in [3.63, 3.8) is 0 Å². The first-order valence-electron chi connectivity index (χ1n) is 7.89. The van der Waals surface area contributed by atoms with Gasteiger partial charge in [0.25, 0.3) is 10.1 Å². The molecule has 0 bridgehead atoms. The standard InChI is InChI=1S/C16H22O8S/c1-10-4-6-11(7-5-10)25(19,20)22-8-12-13(17)14(18)16(23-12)9-21-15(2,3)24-16/h4-7,12-14,17-18H,8-9H2,1-3H3/t12-,13-,14+,16+/m1/s1. The largest absolute Gasteiger partial charge is 0.387 e. The number of ether oxygens (including phenoxy) is 3. The van der Waals surface area contributed by atoms with Crippen LogP contribution in [0.3, 0.4) is 0 Å². The van der Waals surface area contributed by atoms with Crippen LogP contribution in [0.1, 0.15) is 19.4 Å². The van der Waals surface area contributed by atoms with Crippen LogP contribution in [-0.2, 0) is 28.5 Å². The van der Waals surface area contributed by atoms with E-state index >= 15 is 0 Å². The van der Waals surface area contributed by atoms with E-state index in [1.165, 1.54) is 12.1 Å². The van der Waals surface area contributed by atoms with E-state index in [1.54, 1.807) is 26.0 Å². The van der Waals surface area contributed by atoms with Crippen LogP contribution in [0.15, 0.2) is 29.2 Å². The van der Waals surface area contributed by atoms with Crippen LogP contribution in [0.5, 0.6) is 0 Å². The average Bonchev–Trinajstić information content (AvgIpc) is 2.97. The second-order valence-electron chi connectivity index (χ2n) is 6.75. The van der Waals surface area contributed by atoms with Crippen molar-refractivity contribution in [3.8, 4) is 0 Å². The summed E-state index contributed by atoms with van der Waals surface area (Å²) in [6.45, 7) is 4.59. The fraction of sp³-hybridized carbons (Fsp3) is 0.625. The molecule has 8 nitrogen and oxygen atoms in total. The molecule has 2 fully saturated rings. The molecule has 0 unspecified atom stereocenters. The van der Waals surface area contributed by atoms with Crippen LogP contribution in [0, 0.1) is 6.92 Å². The number of rotatable bonds is 4. The lowest BCUT2D eigenvalue weighted by Crippen LogP contribution is -2.46. The molecular weight excluding hydrogens is 352 g/mol. The molecule has 1 spiro atoms. The molecule has 4 atom stereocenters. The summed E-state index contributed by atoms with van der Waals surface area (Å²) >= 11 is 0. The summed E-state index contributed by atoms with van der Waals surface area (Å²) in [6, 6.07) is 6.18. The molecule has 2 aliphatic rings. The van der Waals surface area contributed by atoms with E-state index in [2.05, 4.69) is 0 Å². The number of aryl methyl sites for hydroxylation is 1. The Balaban J connectivity index is 1.68. The molecule has 2 heterocycles. The van der Waals surface area contributed by atoms with Gasteiger partial charge >= 0.3 is 0 Å². The smallest absolute Gasteiger partial charge is 0.297 e. The molecule has 1 aromatic rings. The van der Waals surface area contributed by atoms with Crippen LogP contribution in [0.2, 0.25) is 0 Å². The van der Waals surface area contributed by atoms with Crippen molar-refractivity contribution >= 4 is 10.1 Å². The summed E-state index contributed by atoms with van der Waals surface area (Å²) < 4.78 is 46.0. The Morgan fingerprint density at radius 3 is 2.44 bits per heavy atom. The molecule has 25 heavy (non-hydrogen) atoms. The summed E-state index contributed by atoms with van der Waals surface area (Å²) in [6.07, 6.45) is -3.83. The van der Waals surface area contributed by atoms with Crippen LogP contribution in [0.25, 0.3) is 0 Å². The number of hydrogen-bond donors (Lipinski definition) is 2. The van der Waals surface area contributed by atoms with Gasteiger partial charge in [-0.1, -0.05) is 17.7 Å². The average molecular weight is 374 g/mol. The maximum Gasteiger partial charge on any atom is 0.297 e. The first-order valence-corrected chi connectivity index (χ1v) is 9.30. The van der Waals surface area contributed by atoms with Gasteiger partial charge in [0.1, 0.15) is 24.9 Å². The fourth-order valence-corrected chi connectivity index (χ4v) is 3.79. The van der Waals surface area contributed by atoms with Crippen LogP contribution in [0.4, 0.5) is 0 Å². The van der Waals surface area contributed by atoms with Crippen LogP contribution in [-0.4, -0.2) is 61.7 Å². The number of hydrogen-bond acceptors (Lipinski definition) is 8. The summed E-state index contributed by atoms with van der Waals surface area (Å²) in [4.78, 5) is 0.00225. The molecule has 2 saturated heterocycles. The lowest BCUT2D eigenvalue weighted by Gasteiger charge is -2.27. The summed E-state index contributed by atoms with van der Waals surface area (Å²) in [5.74, 6) is -2.52. The van der Waals surface area contributed by atoms with Gasteiger partial charge in [0.15, 0.2) is 5.79 Å². The molecule has 2 N–H and O–H groups in total. The zero-order valence-electron chi connectivity index (χ0n) is 14.2. The van der Waals surface area contributed by atoms with Crippen molar-refractivity contribution in [2.45, 2.75) is 55.6 Å². The van der Waals surface area contributed by atoms with Crippen molar-refractivity contribution in [2.75, 3.05) is 13.2 Å². The molecule has 9 heteroatoms. The van der Waals surface area contributed by atoms with Gasteiger partial charge in [-0.05, 0) is 32.9 Å². The summed E-state index contributed by atoms with van der Waals surface area (Å²) in [7, 11) is -4.01. The Kier molecular flexibility index (Phi) is 4.70. The van der Waals surface area contributed by atoms with Gasteiger partial charge in [0, 0.05) is 0 Å². The van der Waals surface area contributed by atoms with E-state index in [9.17, 15) is 18.6 Å². The van der Waals surface area contributed by atoms with Gasteiger partial charge in [-0.3, -0.25) is 4.18 Å². The van der Waals surface area contributed by atoms with Crippen LogP contribution >= 0.6 is 0 Å². The lowest BCUT2D eigenvalue weighted by molar-refractivity contribution is -0.269. The molecule has 3 rings (SSSR count). The summed E-state index contributed by atoms with van der Waals surface area (Å²) in [5.41, 5.74) is 0.916. The maximum absolute atomic E-state index is 12.2. The highest BCUT2D eigenvalue weighted by Gasteiger charge is 2.61. The molecular formula is C16H22O8S. The van der Waals surface area contributed by atoms with Crippen molar-refractivity contribution in [1.29, 1.82) is 0 Å². The van der Waals surface area contributed by atoms with Gasteiger partial charge in [-0.2, -0.15) is 8.42 Å². The molecule has 0 saturated carbocycles.